The Morgan fingerprint density at radius 3 is 2.54 bits per heavy atom. The van der Waals surface area contributed by atoms with E-state index in [4.69, 9.17) is 22.1 Å². The lowest BCUT2D eigenvalue weighted by Crippen LogP contribution is -2.31. The smallest absolute Gasteiger partial charge is 0.258 e. The Kier molecular flexibility index (Phi) is 6.23. The lowest BCUT2D eigenvalue weighted by atomic mass is 10.1. The summed E-state index contributed by atoms with van der Waals surface area (Å²) in [4.78, 5) is 23.4. The predicted molar refractivity (Wildman–Crippen MR) is 96.2 cm³/mol. The minimum Gasteiger partial charge on any atom is -0.483 e. The highest BCUT2D eigenvalue weighted by Crippen LogP contribution is 2.22. The molecule has 7 heteroatoms. The zero-order valence-electron chi connectivity index (χ0n) is 12.9. The summed E-state index contributed by atoms with van der Waals surface area (Å²) in [5.74, 6) is -0.759. The highest BCUT2D eigenvalue weighted by atomic mass is 79.9. The van der Waals surface area contributed by atoms with Crippen molar-refractivity contribution in [2.24, 2.45) is 5.73 Å². The Hall–Kier alpha value is -2.05. The first-order chi connectivity index (χ1) is 11.4. The Morgan fingerprint density at radius 2 is 1.92 bits per heavy atom. The standard InChI is InChI=1S/C17H16BrClN2O3/c1-10(11-2-4-12(18)5-3-11)21-16(22)9-24-15-7-6-13(19)8-14(15)17(20)23/h2-8,10H,9H2,1H3,(H2,20,23)(H,21,22)/t10-/m1/s1. The zero-order chi connectivity index (χ0) is 17.7. The second-order valence-electron chi connectivity index (χ2n) is 5.13. The number of hydrogen-bond donors (Lipinski definition) is 2. The van der Waals surface area contributed by atoms with Crippen LogP contribution in [0.15, 0.2) is 46.9 Å². The molecule has 5 nitrogen and oxygen atoms in total. The van der Waals surface area contributed by atoms with Crippen LogP contribution >= 0.6 is 27.5 Å². The van der Waals surface area contributed by atoms with Gasteiger partial charge in [0.05, 0.1) is 11.6 Å². The molecule has 0 aliphatic heterocycles. The number of hydrogen-bond acceptors (Lipinski definition) is 3. The average Bonchev–Trinajstić information content (AvgIpc) is 2.54. The lowest BCUT2D eigenvalue weighted by Gasteiger charge is -2.15. The summed E-state index contributed by atoms with van der Waals surface area (Å²) in [7, 11) is 0. The molecule has 0 aliphatic rings. The molecule has 0 saturated heterocycles. The molecule has 0 saturated carbocycles. The maximum Gasteiger partial charge on any atom is 0.258 e. The van der Waals surface area contributed by atoms with Gasteiger partial charge < -0.3 is 15.8 Å². The van der Waals surface area contributed by atoms with Gasteiger partial charge in [0.1, 0.15) is 5.75 Å². The first-order valence-corrected chi connectivity index (χ1v) is 8.31. The van der Waals surface area contributed by atoms with Gasteiger partial charge in [0.25, 0.3) is 11.8 Å². The van der Waals surface area contributed by atoms with Crippen LogP contribution in [0.25, 0.3) is 0 Å². The molecule has 0 aromatic heterocycles. The third kappa shape index (κ3) is 4.97. The van der Waals surface area contributed by atoms with Crippen LogP contribution in [0, 0.1) is 0 Å². The SMILES string of the molecule is C[C@@H](NC(=O)COc1ccc(Cl)cc1C(N)=O)c1ccc(Br)cc1. The summed E-state index contributed by atoms with van der Waals surface area (Å²) in [6, 6.07) is 11.9. The molecule has 2 amide bonds. The summed E-state index contributed by atoms with van der Waals surface area (Å²) in [6.45, 7) is 1.64. The Balaban J connectivity index is 1.96. The third-order valence-electron chi connectivity index (χ3n) is 3.31. The fraction of sp³-hybridized carbons (Fsp3) is 0.176. The van der Waals surface area contributed by atoms with Gasteiger partial charge in [-0.15, -0.1) is 0 Å². The number of primary amides is 1. The summed E-state index contributed by atoms with van der Waals surface area (Å²) in [5.41, 5.74) is 6.38. The van der Waals surface area contributed by atoms with Crippen molar-refractivity contribution >= 4 is 39.3 Å². The minimum atomic E-state index is -0.670. The number of carbonyl (C=O) groups is 2. The predicted octanol–water partition coefficient (Wildman–Crippen LogP) is 3.46. The first-order valence-electron chi connectivity index (χ1n) is 7.14. The van der Waals surface area contributed by atoms with Crippen molar-refractivity contribution in [3.63, 3.8) is 0 Å². The number of nitrogens with two attached hydrogens (primary N) is 1. The lowest BCUT2D eigenvalue weighted by molar-refractivity contribution is -0.123. The summed E-state index contributed by atoms with van der Waals surface area (Å²) in [6.07, 6.45) is 0. The van der Waals surface area contributed by atoms with Gasteiger partial charge in [-0.1, -0.05) is 39.7 Å². The molecule has 2 aromatic rings. The molecule has 0 aliphatic carbocycles. The zero-order valence-corrected chi connectivity index (χ0v) is 15.2. The number of benzene rings is 2. The van der Waals surface area contributed by atoms with E-state index in [1.165, 1.54) is 12.1 Å². The van der Waals surface area contributed by atoms with Crippen LogP contribution in [0.1, 0.15) is 28.9 Å². The molecular formula is C17H16BrClN2O3. The van der Waals surface area contributed by atoms with Gasteiger partial charge >= 0.3 is 0 Å². The summed E-state index contributed by atoms with van der Waals surface area (Å²) >= 11 is 9.19. The molecule has 0 heterocycles. The molecule has 0 unspecified atom stereocenters. The molecule has 0 bridgehead atoms. The van der Waals surface area contributed by atoms with E-state index in [0.29, 0.717) is 5.02 Å². The van der Waals surface area contributed by atoms with Crippen LogP contribution in [0.2, 0.25) is 5.02 Å². The number of ether oxygens (including phenoxy) is 1. The third-order valence-corrected chi connectivity index (χ3v) is 4.08. The molecule has 0 spiro atoms. The topological polar surface area (TPSA) is 81.4 Å². The van der Waals surface area contributed by atoms with Crippen LogP contribution in [0.4, 0.5) is 0 Å². The number of carbonyl (C=O) groups excluding carboxylic acids is 2. The molecule has 3 N–H and O–H groups in total. The van der Waals surface area contributed by atoms with Crippen LogP contribution in [0.3, 0.4) is 0 Å². The average molecular weight is 412 g/mol. The number of nitrogens with one attached hydrogen (secondary N) is 1. The van der Waals surface area contributed by atoms with E-state index >= 15 is 0 Å². The molecule has 24 heavy (non-hydrogen) atoms. The van der Waals surface area contributed by atoms with E-state index in [1.807, 2.05) is 31.2 Å². The fourth-order valence-corrected chi connectivity index (χ4v) is 2.52. The van der Waals surface area contributed by atoms with Gasteiger partial charge in [-0.2, -0.15) is 0 Å². The molecule has 1 atom stereocenters. The number of rotatable bonds is 6. The van der Waals surface area contributed by atoms with Crippen LogP contribution in [-0.4, -0.2) is 18.4 Å². The molecular weight excluding hydrogens is 396 g/mol. The molecule has 2 rings (SSSR count). The van der Waals surface area contributed by atoms with Crippen LogP contribution in [-0.2, 0) is 4.79 Å². The number of halogens is 2. The van der Waals surface area contributed by atoms with Gasteiger partial charge in [0.15, 0.2) is 6.61 Å². The van der Waals surface area contributed by atoms with Crippen LogP contribution < -0.4 is 15.8 Å². The second kappa shape index (κ2) is 8.17. The maximum absolute atomic E-state index is 12.0. The Bertz CT molecular complexity index is 750. The van der Waals surface area contributed by atoms with Crippen LogP contribution in [0.5, 0.6) is 5.75 Å². The second-order valence-corrected chi connectivity index (χ2v) is 6.49. The van der Waals surface area contributed by atoms with Crippen molar-refractivity contribution < 1.29 is 14.3 Å². The Labute approximate surface area is 153 Å². The summed E-state index contributed by atoms with van der Waals surface area (Å²) in [5, 5.41) is 3.19. The number of amides is 2. The van der Waals surface area contributed by atoms with E-state index in [0.717, 1.165) is 10.0 Å². The quantitative estimate of drug-likeness (QED) is 0.764. The van der Waals surface area contributed by atoms with Crippen molar-refractivity contribution in [1.82, 2.24) is 5.32 Å². The Morgan fingerprint density at radius 1 is 1.25 bits per heavy atom. The minimum absolute atomic E-state index is 0.135. The first kappa shape index (κ1) is 18.3. The molecule has 0 fully saturated rings. The van der Waals surface area contributed by atoms with Gasteiger partial charge in [-0.3, -0.25) is 9.59 Å². The summed E-state index contributed by atoms with van der Waals surface area (Å²) < 4.78 is 6.36. The molecule has 0 radical (unpaired) electrons. The van der Waals surface area contributed by atoms with Gasteiger partial charge in [0, 0.05) is 9.50 Å². The van der Waals surface area contributed by atoms with Crippen molar-refractivity contribution in [1.29, 1.82) is 0 Å². The highest BCUT2D eigenvalue weighted by Gasteiger charge is 2.14. The van der Waals surface area contributed by atoms with Crippen molar-refractivity contribution in [2.45, 2.75) is 13.0 Å². The highest BCUT2D eigenvalue weighted by molar-refractivity contribution is 9.10. The van der Waals surface area contributed by atoms with E-state index in [1.54, 1.807) is 6.07 Å². The van der Waals surface area contributed by atoms with Crippen molar-refractivity contribution in [2.75, 3.05) is 6.61 Å². The van der Waals surface area contributed by atoms with E-state index in [9.17, 15) is 9.59 Å². The normalized spacial score (nSPS) is 11.6. The maximum atomic E-state index is 12.0. The largest absolute Gasteiger partial charge is 0.483 e. The van der Waals surface area contributed by atoms with Gasteiger partial charge in [-0.25, -0.2) is 0 Å². The van der Waals surface area contributed by atoms with E-state index in [2.05, 4.69) is 21.2 Å². The van der Waals surface area contributed by atoms with Gasteiger partial charge in [0.2, 0.25) is 0 Å². The fourth-order valence-electron chi connectivity index (χ4n) is 2.08. The van der Waals surface area contributed by atoms with Gasteiger partial charge in [-0.05, 0) is 42.8 Å². The monoisotopic (exact) mass is 410 g/mol. The molecule has 126 valence electrons. The van der Waals surface area contributed by atoms with Crippen molar-refractivity contribution in [3.05, 3.63) is 63.1 Å². The molecule has 2 aromatic carbocycles. The van der Waals surface area contributed by atoms with E-state index < -0.39 is 5.91 Å². The van der Waals surface area contributed by atoms with Crippen molar-refractivity contribution in [3.8, 4) is 5.75 Å². The van der Waals surface area contributed by atoms with E-state index in [-0.39, 0.29) is 29.9 Å².